The van der Waals surface area contributed by atoms with Crippen LogP contribution >= 0.6 is 0 Å². The van der Waals surface area contributed by atoms with E-state index in [1.807, 2.05) is 25.1 Å². The maximum atomic E-state index is 12.2. The maximum Gasteiger partial charge on any atom is 0.253 e. The van der Waals surface area contributed by atoms with E-state index in [2.05, 4.69) is 22.7 Å². The third kappa shape index (κ3) is 3.24. The van der Waals surface area contributed by atoms with E-state index in [1.165, 1.54) is 6.42 Å². The average molecular weight is 262 g/mol. The number of carbonyl (C=O) groups is 1. The minimum Gasteiger partial charge on any atom is -0.350 e. The molecule has 1 aliphatic heterocycles. The minimum absolute atomic E-state index is 0.0723. The molecule has 19 heavy (non-hydrogen) atoms. The average Bonchev–Trinajstić information content (AvgIpc) is 2.81. The van der Waals surface area contributed by atoms with Crippen molar-refractivity contribution in [1.82, 2.24) is 10.2 Å². The highest BCUT2D eigenvalue weighted by Crippen LogP contribution is 2.17. The number of nitrogens with two attached hydrogens (primary N) is 1. The van der Waals surface area contributed by atoms with Crippen LogP contribution in [-0.2, 0) is 0 Å². The molecule has 1 amide bonds. The summed E-state index contributed by atoms with van der Waals surface area (Å²) in [6, 6.07) is 6.05. The van der Waals surface area contributed by atoms with Crippen LogP contribution in [0.25, 0.3) is 0 Å². The van der Waals surface area contributed by atoms with Gasteiger partial charge in [0.15, 0.2) is 0 Å². The Labute approximate surface area is 114 Å². The molecule has 1 unspecified atom stereocenters. The number of likely N-dealkylation sites (N-methyl/N-ethyl adjacent to an activating group) is 1. The molecule has 0 aromatic heterocycles. The molecule has 0 radical (unpaired) electrons. The van der Waals surface area contributed by atoms with Crippen molar-refractivity contribution in [2.75, 3.05) is 25.6 Å². The molecule has 0 aliphatic carbocycles. The fourth-order valence-electron chi connectivity index (χ4n) is 2.51. The molecule has 0 spiro atoms. The number of amides is 1. The molecular weight excluding hydrogens is 240 g/mol. The largest absolute Gasteiger partial charge is 0.350 e. The van der Waals surface area contributed by atoms with E-state index in [0.717, 1.165) is 18.5 Å². The van der Waals surface area contributed by atoms with Crippen LogP contribution in [0.1, 0.15) is 28.8 Å². The molecule has 1 heterocycles. The van der Waals surface area contributed by atoms with Crippen molar-refractivity contribution in [1.29, 1.82) is 0 Å². The number of nitrogens with zero attached hydrogens (tertiary/aromatic N) is 1. The molecule has 0 saturated carbocycles. The predicted octanol–water partition coefficient (Wildman–Crippen LogP) is 1.10. The molecule has 1 aromatic rings. The van der Waals surface area contributed by atoms with E-state index in [-0.39, 0.29) is 5.91 Å². The lowest BCUT2D eigenvalue weighted by molar-refractivity contribution is 0.0944. The van der Waals surface area contributed by atoms with Gasteiger partial charge in [-0.25, -0.2) is 0 Å². The van der Waals surface area contributed by atoms with Gasteiger partial charge in [-0.05, 0) is 45.5 Å². The van der Waals surface area contributed by atoms with Crippen molar-refractivity contribution in [3.8, 4) is 0 Å². The van der Waals surface area contributed by atoms with E-state index in [1.54, 1.807) is 0 Å². The third-order valence-electron chi connectivity index (χ3n) is 3.74. The Morgan fingerprint density at radius 2 is 2.32 bits per heavy atom. The Morgan fingerprint density at radius 3 is 2.95 bits per heavy atom. The smallest absolute Gasteiger partial charge is 0.253 e. The van der Waals surface area contributed by atoms with Gasteiger partial charge in [0, 0.05) is 12.6 Å². The van der Waals surface area contributed by atoms with Crippen molar-refractivity contribution in [3.05, 3.63) is 29.3 Å². The van der Waals surface area contributed by atoms with Crippen LogP contribution < -0.4 is 16.6 Å². The number of likely N-dealkylation sites (tertiary alicyclic amines) is 1. The Bertz CT molecular complexity index is 461. The maximum absolute atomic E-state index is 12.2. The van der Waals surface area contributed by atoms with Crippen molar-refractivity contribution in [2.24, 2.45) is 5.84 Å². The summed E-state index contributed by atoms with van der Waals surface area (Å²) >= 11 is 0. The van der Waals surface area contributed by atoms with Gasteiger partial charge in [0.2, 0.25) is 0 Å². The third-order valence-corrected chi connectivity index (χ3v) is 3.74. The van der Waals surface area contributed by atoms with Crippen LogP contribution in [0.15, 0.2) is 18.2 Å². The number of carbonyl (C=O) groups excluding carboxylic acids is 1. The lowest BCUT2D eigenvalue weighted by Crippen LogP contribution is -2.38. The number of anilines is 1. The number of hydrazine groups is 1. The molecule has 1 aliphatic rings. The molecule has 5 nitrogen and oxygen atoms in total. The van der Waals surface area contributed by atoms with Gasteiger partial charge in [0.25, 0.3) is 5.91 Å². The van der Waals surface area contributed by atoms with E-state index in [4.69, 9.17) is 5.84 Å². The molecule has 1 aromatic carbocycles. The topological polar surface area (TPSA) is 70.4 Å². The second kappa shape index (κ2) is 6.04. The first-order chi connectivity index (χ1) is 9.11. The Kier molecular flexibility index (Phi) is 4.39. The number of benzene rings is 1. The lowest BCUT2D eigenvalue weighted by Gasteiger charge is -2.20. The van der Waals surface area contributed by atoms with Crippen molar-refractivity contribution in [3.63, 3.8) is 0 Å². The number of hydrogen-bond acceptors (Lipinski definition) is 4. The Hall–Kier alpha value is -1.59. The number of nitrogens with one attached hydrogen (secondary N) is 2. The summed E-state index contributed by atoms with van der Waals surface area (Å²) in [6.45, 7) is 3.76. The molecule has 0 bridgehead atoms. The van der Waals surface area contributed by atoms with Gasteiger partial charge in [-0.3, -0.25) is 10.6 Å². The van der Waals surface area contributed by atoms with Gasteiger partial charge in [0.05, 0.1) is 11.3 Å². The zero-order chi connectivity index (χ0) is 13.8. The molecule has 2 rings (SSSR count). The first kappa shape index (κ1) is 13.8. The normalized spacial score (nSPS) is 19.4. The van der Waals surface area contributed by atoms with Crippen LogP contribution in [0.5, 0.6) is 0 Å². The standard InChI is InChI=1S/C14H22N4O/c1-10-5-6-13(17-15)12(8-10)14(19)16-9-11-4-3-7-18(11)2/h5-6,8,11,17H,3-4,7,9,15H2,1-2H3,(H,16,19). The second-order valence-corrected chi connectivity index (χ2v) is 5.18. The van der Waals surface area contributed by atoms with Crippen molar-refractivity contribution >= 4 is 11.6 Å². The van der Waals surface area contributed by atoms with E-state index < -0.39 is 0 Å². The van der Waals surface area contributed by atoms with Gasteiger partial charge in [-0.2, -0.15) is 0 Å². The zero-order valence-electron chi connectivity index (χ0n) is 11.6. The number of nitrogen functional groups attached to an aromatic ring is 1. The lowest BCUT2D eigenvalue weighted by atomic mass is 10.1. The van der Waals surface area contributed by atoms with Gasteiger partial charge in [-0.1, -0.05) is 11.6 Å². The summed E-state index contributed by atoms with van der Waals surface area (Å²) in [7, 11) is 2.10. The van der Waals surface area contributed by atoms with Crippen LogP contribution in [0.3, 0.4) is 0 Å². The highest BCUT2D eigenvalue weighted by atomic mass is 16.1. The van der Waals surface area contributed by atoms with Crippen LogP contribution in [0.4, 0.5) is 5.69 Å². The van der Waals surface area contributed by atoms with Crippen molar-refractivity contribution in [2.45, 2.75) is 25.8 Å². The Balaban J connectivity index is 2.01. The molecular formula is C14H22N4O. The summed E-state index contributed by atoms with van der Waals surface area (Å²) < 4.78 is 0. The summed E-state index contributed by atoms with van der Waals surface area (Å²) in [6.07, 6.45) is 2.35. The summed E-state index contributed by atoms with van der Waals surface area (Å²) in [5, 5.41) is 3.00. The fourth-order valence-corrected chi connectivity index (χ4v) is 2.51. The van der Waals surface area contributed by atoms with Crippen LogP contribution in [0, 0.1) is 6.92 Å². The minimum atomic E-state index is -0.0723. The SMILES string of the molecule is Cc1ccc(NN)c(C(=O)NCC2CCCN2C)c1. The molecule has 1 saturated heterocycles. The van der Waals surface area contributed by atoms with E-state index in [0.29, 0.717) is 23.8 Å². The fraction of sp³-hybridized carbons (Fsp3) is 0.500. The summed E-state index contributed by atoms with van der Waals surface area (Å²) in [5.41, 5.74) is 4.87. The van der Waals surface area contributed by atoms with Gasteiger partial charge in [-0.15, -0.1) is 0 Å². The van der Waals surface area contributed by atoms with Gasteiger partial charge >= 0.3 is 0 Å². The van der Waals surface area contributed by atoms with E-state index in [9.17, 15) is 4.79 Å². The van der Waals surface area contributed by atoms with Gasteiger partial charge < -0.3 is 15.6 Å². The monoisotopic (exact) mass is 262 g/mol. The second-order valence-electron chi connectivity index (χ2n) is 5.18. The highest BCUT2D eigenvalue weighted by Gasteiger charge is 2.21. The van der Waals surface area contributed by atoms with Gasteiger partial charge in [0.1, 0.15) is 0 Å². The highest BCUT2D eigenvalue weighted by molar-refractivity contribution is 5.99. The molecule has 5 heteroatoms. The summed E-state index contributed by atoms with van der Waals surface area (Å²) in [5.74, 6) is 5.37. The number of hydrogen-bond donors (Lipinski definition) is 3. The van der Waals surface area contributed by atoms with Crippen molar-refractivity contribution < 1.29 is 4.79 Å². The van der Waals surface area contributed by atoms with Crippen LogP contribution in [-0.4, -0.2) is 37.0 Å². The predicted molar refractivity (Wildman–Crippen MR) is 77.0 cm³/mol. The molecule has 104 valence electrons. The molecule has 1 atom stereocenters. The number of rotatable bonds is 4. The zero-order valence-corrected chi connectivity index (χ0v) is 11.6. The first-order valence-electron chi connectivity index (χ1n) is 6.67. The molecule has 1 fully saturated rings. The quantitative estimate of drug-likeness (QED) is 0.561. The molecule has 4 N–H and O–H groups in total. The summed E-state index contributed by atoms with van der Waals surface area (Å²) in [4.78, 5) is 14.5. The van der Waals surface area contributed by atoms with Crippen LogP contribution in [0.2, 0.25) is 0 Å². The Morgan fingerprint density at radius 1 is 1.53 bits per heavy atom. The van der Waals surface area contributed by atoms with E-state index >= 15 is 0 Å². The number of aryl methyl sites for hydroxylation is 1. The first-order valence-corrected chi connectivity index (χ1v) is 6.67.